The molecule has 1 saturated heterocycles. The third kappa shape index (κ3) is 2.35. The summed E-state index contributed by atoms with van der Waals surface area (Å²) in [5.74, 6) is -1.44. The Kier molecular flexibility index (Phi) is 3.77. The lowest BCUT2D eigenvalue weighted by Crippen LogP contribution is -2.29. The summed E-state index contributed by atoms with van der Waals surface area (Å²) in [6.45, 7) is 3.90. The van der Waals surface area contributed by atoms with E-state index in [0.717, 1.165) is 13.0 Å². The van der Waals surface area contributed by atoms with Gasteiger partial charge < -0.3 is 20.3 Å². The van der Waals surface area contributed by atoms with Crippen LogP contribution in [-0.2, 0) is 0 Å². The molecule has 25 heavy (non-hydrogen) atoms. The number of carbonyl (C=O) groups is 1. The minimum Gasteiger partial charge on any atom is -0.477 e. The van der Waals surface area contributed by atoms with Crippen molar-refractivity contribution in [2.75, 3.05) is 24.5 Å². The summed E-state index contributed by atoms with van der Waals surface area (Å²) in [4.78, 5) is 26.0. The zero-order valence-corrected chi connectivity index (χ0v) is 14.5. The van der Waals surface area contributed by atoms with Gasteiger partial charge in [-0.3, -0.25) is 4.79 Å². The molecular formula is C17H18FN3O3S. The maximum atomic E-state index is 14.7. The molecule has 4 rings (SSSR count). The monoisotopic (exact) mass is 363 g/mol. The van der Waals surface area contributed by atoms with Crippen LogP contribution in [0.1, 0.15) is 29.1 Å². The Morgan fingerprint density at radius 1 is 1.48 bits per heavy atom. The minimum atomic E-state index is -1.27. The molecule has 132 valence electrons. The standard InChI is InChI=1S/C17H18FN3O3S/c1-8-21-12-5-13(20-3-2-9(6-19)7-20)11(18)4-10(12)15(22)14(17(23)24)16(21)25-8/h4-5,8-9H,2-3,6-7,19H2,1H3,(H,23,24). The fourth-order valence-corrected chi connectivity index (χ4v) is 4.86. The Morgan fingerprint density at radius 2 is 2.24 bits per heavy atom. The molecule has 8 heteroatoms. The highest BCUT2D eigenvalue weighted by Crippen LogP contribution is 2.46. The van der Waals surface area contributed by atoms with Crippen molar-refractivity contribution in [3.63, 3.8) is 0 Å². The van der Waals surface area contributed by atoms with Crippen molar-refractivity contribution in [1.82, 2.24) is 4.57 Å². The molecule has 2 unspecified atom stereocenters. The molecule has 1 fully saturated rings. The van der Waals surface area contributed by atoms with Gasteiger partial charge in [0.1, 0.15) is 11.4 Å². The number of nitrogens with zero attached hydrogens (tertiary/aromatic N) is 2. The number of hydrogen-bond donors (Lipinski definition) is 2. The summed E-state index contributed by atoms with van der Waals surface area (Å²) in [6, 6.07) is 2.86. The van der Waals surface area contributed by atoms with Gasteiger partial charge in [0, 0.05) is 18.5 Å². The third-order valence-corrected chi connectivity index (χ3v) is 6.22. The predicted octanol–water partition coefficient (Wildman–Crippen LogP) is 2.25. The molecule has 2 aliphatic rings. The second-order valence-corrected chi connectivity index (χ2v) is 7.86. The van der Waals surface area contributed by atoms with Crippen molar-refractivity contribution in [2.45, 2.75) is 23.7 Å². The number of benzene rings is 1. The molecule has 0 radical (unpaired) electrons. The van der Waals surface area contributed by atoms with Crippen LogP contribution in [0.4, 0.5) is 10.1 Å². The molecule has 0 saturated carbocycles. The summed E-state index contributed by atoms with van der Waals surface area (Å²) < 4.78 is 16.5. The van der Waals surface area contributed by atoms with Crippen LogP contribution in [0.3, 0.4) is 0 Å². The quantitative estimate of drug-likeness (QED) is 0.870. The van der Waals surface area contributed by atoms with E-state index in [9.17, 15) is 19.1 Å². The molecule has 0 aliphatic carbocycles. The topological polar surface area (TPSA) is 88.6 Å². The molecule has 2 atom stereocenters. The highest BCUT2D eigenvalue weighted by atomic mass is 32.2. The van der Waals surface area contributed by atoms with Gasteiger partial charge in [-0.2, -0.15) is 0 Å². The Morgan fingerprint density at radius 3 is 2.84 bits per heavy atom. The Hall–Kier alpha value is -2.06. The van der Waals surface area contributed by atoms with E-state index in [1.54, 1.807) is 6.07 Å². The first-order valence-corrected chi connectivity index (χ1v) is 9.07. The Balaban J connectivity index is 1.93. The fourth-order valence-electron chi connectivity index (χ4n) is 3.71. The number of pyridine rings is 1. The molecule has 0 bridgehead atoms. The average Bonchev–Trinajstić information content (AvgIpc) is 3.03. The highest BCUT2D eigenvalue weighted by molar-refractivity contribution is 8.00. The summed E-state index contributed by atoms with van der Waals surface area (Å²) in [5, 5.41) is 9.92. The first-order chi connectivity index (χ1) is 11.9. The van der Waals surface area contributed by atoms with Crippen LogP contribution in [0, 0.1) is 11.7 Å². The zero-order chi connectivity index (χ0) is 17.9. The molecule has 6 nitrogen and oxygen atoms in total. The van der Waals surface area contributed by atoms with Crippen molar-refractivity contribution >= 4 is 34.3 Å². The van der Waals surface area contributed by atoms with Gasteiger partial charge in [-0.15, -0.1) is 0 Å². The van der Waals surface area contributed by atoms with E-state index in [2.05, 4.69) is 0 Å². The largest absolute Gasteiger partial charge is 0.477 e. The second-order valence-electron chi connectivity index (χ2n) is 6.56. The van der Waals surface area contributed by atoms with Crippen molar-refractivity contribution in [2.24, 2.45) is 11.7 Å². The number of carboxylic acid groups (broad SMARTS) is 1. The van der Waals surface area contributed by atoms with Gasteiger partial charge in [0.2, 0.25) is 5.43 Å². The maximum absolute atomic E-state index is 14.7. The number of hydrogen-bond acceptors (Lipinski definition) is 5. The number of aromatic nitrogens is 1. The fraction of sp³-hybridized carbons (Fsp3) is 0.412. The number of rotatable bonds is 3. The van der Waals surface area contributed by atoms with E-state index >= 15 is 0 Å². The van der Waals surface area contributed by atoms with Gasteiger partial charge in [0.15, 0.2) is 0 Å². The average molecular weight is 363 g/mol. The summed E-state index contributed by atoms with van der Waals surface area (Å²) in [5.41, 5.74) is 5.85. The predicted molar refractivity (Wildman–Crippen MR) is 95.1 cm³/mol. The van der Waals surface area contributed by atoms with Crippen LogP contribution < -0.4 is 16.1 Å². The van der Waals surface area contributed by atoms with E-state index in [4.69, 9.17) is 5.73 Å². The third-order valence-electron chi connectivity index (χ3n) is 5.05. The van der Waals surface area contributed by atoms with Gasteiger partial charge >= 0.3 is 5.97 Å². The molecule has 3 N–H and O–H groups in total. The van der Waals surface area contributed by atoms with Crippen LogP contribution in [0.2, 0.25) is 0 Å². The van der Waals surface area contributed by atoms with E-state index in [1.807, 2.05) is 16.4 Å². The van der Waals surface area contributed by atoms with Gasteiger partial charge in [0.25, 0.3) is 0 Å². The zero-order valence-electron chi connectivity index (χ0n) is 13.7. The highest BCUT2D eigenvalue weighted by Gasteiger charge is 2.33. The Labute approximate surface area is 147 Å². The van der Waals surface area contributed by atoms with Gasteiger partial charge in [0.05, 0.1) is 21.6 Å². The summed E-state index contributed by atoms with van der Waals surface area (Å²) in [7, 11) is 0. The summed E-state index contributed by atoms with van der Waals surface area (Å²) in [6.07, 6.45) is 0.913. The smallest absolute Gasteiger partial charge is 0.342 e. The van der Waals surface area contributed by atoms with Gasteiger partial charge in [-0.1, -0.05) is 11.8 Å². The van der Waals surface area contributed by atoms with Crippen molar-refractivity contribution in [3.8, 4) is 0 Å². The molecule has 1 aromatic carbocycles. The number of aromatic carboxylic acids is 1. The first kappa shape index (κ1) is 16.4. The van der Waals surface area contributed by atoms with Gasteiger partial charge in [-0.25, -0.2) is 9.18 Å². The lowest BCUT2D eigenvalue weighted by atomic mass is 10.1. The first-order valence-electron chi connectivity index (χ1n) is 8.19. The van der Waals surface area contributed by atoms with Crippen molar-refractivity contribution in [3.05, 3.63) is 33.7 Å². The molecule has 3 heterocycles. The number of carboxylic acids is 1. The normalized spacial score (nSPS) is 22.1. The number of thioether (sulfide) groups is 1. The molecule has 2 aliphatic heterocycles. The van der Waals surface area contributed by atoms with Crippen LogP contribution in [0.5, 0.6) is 0 Å². The van der Waals surface area contributed by atoms with E-state index in [1.165, 1.54) is 17.8 Å². The molecule has 0 spiro atoms. The van der Waals surface area contributed by atoms with E-state index in [0.29, 0.717) is 35.2 Å². The number of fused-ring (bicyclic) bond motifs is 3. The number of anilines is 1. The molecule has 1 aromatic heterocycles. The van der Waals surface area contributed by atoms with Crippen LogP contribution in [0.25, 0.3) is 10.9 Å². The number of nitrogens with two attached hydrogens (primary N) is 1. The van der Waals surface area contributed by atoms with Crippen LogP contribution in [0.15, 0.2) is 22.0 Å². The molecular weight excluding hydrogens is 345 g/mol. The van der Waals surface area contributed by atoms with Crippen molar-refractivity contribution in [1.29, 1.82) is 0 Å². The maximum Gasteiger partial charge on any atom is 0.342 e. The van der Waals surface area contributed by atoms with Crippen LogP contribution >= 0.6 is 11.8 Å². The molecule has 0 amide bonds. The van der Waals surface area contributed by atoms with Gasteiger partial charge in [-0.05, 0) is 37.9 Å². The van der Waals surface area contributed by atoms with Crippen molar-refractivity contribution < 1.29 is 14.3 Å². The lowest BCUT2D eigenvalue weighted by Gasteiger charge is -2.33. The minimum absolute atomic E-state index is 0.00452. The van der Waals surface area contributed by atoms with E-state index in [-0.39, 0.29) is 16.3 Å². The summed E-state index contributed by atoms with van der Waals surface area (Å²) >= 11 is 1.34. The lowest BCUT2D eigenvalue weighted by molar-refractivity contribution is 0.0689. The SMILES string of the molecule is CC1Sc2c(C(=O)O)c(=O)c3cc(F)c(N4CCC(CN)C4)cc3n21. The second kappa shape index (κ2) is 5.74. The van der Waals surface area contributed by atoms with E-state index < -0.39 is 17.2 Å². The number of halogens is 1. The van der Waals surface area contributed by atoms with Crippen LogP contribution in [-0.4, -0.2) is 35.3 Å². The molecule has 2 aromatic rings. The Bertz CT molecular complexity index is 959.